The molecule has 0 saturated carbocycles. The summed E-state index contributed by atoms with van der Waals surface area (Å²) >= 11 is 0. The van der Waals surface area contributed by atoms with Crippen molar-refractivity contribution in [2.45, 2.75) is 58.5 Å². The summed E-state index contributed by atoms with van der Waals surface area (Å²) in [5, 5.41) is 2.67. The summed E-state index contributed by atoms with van der Waals surface area (Å²) in [6.45, 7) is 7.67. The number of esters is 1. The highest BCUT2D eigenvalue weighted by Crippen LogP contribution is 2.23. The monoisotopic (exact) mass is 298 g/mol. The second kappa shape index (κ2) is 6.91. The van der Waals surface area contributed by atoms with Gasteiger partial charge in [-0.3, -0.25) is 9.59 Å². The topological polar surface area (TPSA) is 75.7 Å². The molecule has 1 N–H and O–H groups in total. The minimum absolute atomic E-state index is 0.00646. The van der Waals surface area contributed by atoms with E-state index in [2.05, 4.69) is 17.0 Å². The van der Waals surface area contributed by atoms with Crippen LogP contribution in [-0.4, -0.2) is 47.9 Å². The number of hydrogen-bond acceptors (Lipinski definition) is 4. The number of nitrogens with one attached hydrogen (secondary N) is 1. The largest absolute Gasteiger partial charge is 0.467 e. The Morgan fingerprint density at radius 1 is 1.48 bits per heavy atom. The van der Waals surface area contributed by atoms with Gasteiger partial charge in [-0.1, -0.05) is 13.3 Å². The lowest BCUT2D eigenvalue weighted by molar-refractivity contribution is -0.149. The maximum Gasteiger partial charge on any atom is 0.330 e. The van der Waals surface area contributed by atoms with Crippen LogP contribution in [0.3, 0.4) is 0 Å². The molecule has 0 aliphatic carbocycles. The zero-order valence-electron chi connectivity index (χ0n) is 13.6. The highest BCUT2D eigenvalue weighted by Gasteiger charge is 2.39. The number of ether oxygens (including phenoxy) is 1. The molecule has 1 heterocycles. The Kier molecular flexibility index (Phi) is 5.75. The molecule has 0 unspecified atom stereocenters. The molecule has 1 rings (SSSR count). The molecule has 0 aromatic heterocycles. The van der Waals surface area contributed by atoms with Crippen molar-refractivity contribution < 1.29 is 19.1 Å². The van der Waals surface area contributed by atoms with Crippen LogP contribution in [0.2, 0.25) is 0 Å². The summed E-state index contributed by atoms with van der Waals surface area (Å²) in [5.41, 5.74) is -1.09. The fraction of sp³-hybridized carbons (Fsp3) is 0.800. The first kappa shape index (κ1) is 17.5. The van der Waals surface area contributed by atoms with Gasteiger partial charge in [0.15, 0.2) is 0 Å². The summed E-state index contributed by atoms with van der Waals surface area (Å²) in [7, 11) is 1.28. The molecule has 0 aromatic carbocycles. The van der Waals surface area contributed by atoms with Gasteiger partial charge in [0, 0.05) is 19.0 Å². The second-order valence-corrected chi connectivity index (χ2v) is 6.19. The fourth-order valence-electron chi connectivity index (χ4n) is 2.62. The van der Waals surface area contributed by atoms with E-state index >= 15 is 0 Å². The first-order valence-electron chi connectivity index (χ1n) is 7.42. The minimum atomic E-state index is -1.09. The molecule has 1 saturated heterocycles. The van der Waals surface area contributed by atoms with Crippen LogP contribution in [0.5, 0.6) is 0 Å². The highest BCUT2D eigenvalue weighted by molar-refractivity contribution is 5.92. The lowest BCUT2D eigenvalue weighted by atomic mass is 10.0. The summed E-state index contributed by atoms with van der Waals surface area (Å²) in [6, 6.07) is 0.147. The number of rotatable bonds is 6. The molecule has 120 valence electrons. The molecular formula is C15H26N2O4. The van der Waals surface area contributed by atoms with Gasteiger partial charge in [0.1, 0.15) is 5.54 Å². The van der Waals surface area contributed by atoms with Gasteiger partial charge in [0.05, 0.1) is 13.0 Å². The number of likely N-dealkylation sites (tertiary alicyclic amines) is 1. The van der Waals surface area contributed by atoms with Gasteiger partial charge in [-0.25, -0.2) is 4.79 Å². The van der Waals surface area contributed by atoms with Gasteiger partial charge in [0.2, 0.25) is 11.8 Å². The number of hydrogen-bond donors (Lipinski definition) is 1. The van der Waals surface area contributed by atoms with E-state index in [0.29, 0.717) is 6.54 Å². The third kappa shape index (κ3) is 4.19. The molecule has 0 bridgehead atoms. The smallest absolute Gasteiger partial charge is 0.330 e. The molecule has 1 fully saturated rings. The Labute approximate surface area is 126 Å². The lowest BCUT2D eigenvalue weighted by Gasteiger charge is -2.26. The van der Waals surface area contributed by atoms with Crippen molar-refractivity contribution in [3.63, 3.8) is 0 Å². The summed E-state index contributed by atoms with van der Waals surface area (Å²) in [4.78, 5) is 37.6. The Balaban J connectivity index is 2.65. The average Bonchev–Trinajstić information content (AvgIpc) is 2.79. The van der Waals surface area contributed by atoms with Crippen LogP contribution in [0, 0.1) is 5.92 Å². The molecule has 1 aliphatic heterocycles. The van der Waals surface area contributed by atoms with Gasteiger partial charge in [-0.2, -0.15) is 0 Å². The van der Waals surface area contributed by atoms with Crippen molar-refractivity contribution >= 4 is 17.8 Å². The SMILES string of the molecule is CCC[C@@H](C)N1C[C@H](C(=O)NC(C)(C)C(=O)OC)CC1=O. The molecule has 2 amide bonds. The second-order valence-electron chi connectivity index (χ2n) is 6.19. The highest BCUT2D eigenvalue weighted by atomic mass is 16.5. The Hall–Kier alpha value is -1.59. The van der Waals surface area contributed by atoms with Crippen molar-refractivity contribution in [1.29, 1.82) is 0 Å². The van der Waals surface area contributed by atoms with Crippen LogP contribution in [0.1, 0.15) is 47.0 Å². The molecule has 6 heteroatoms. The minimum Gasteiger partial charge on any atom is -0.467 e. The molecule has 0 radical (unpaired) electrons. The molecule has 1 aliphatic rings. The first-order valence-corrected chi connectivity index (χ1v) is 7.42. The van der Waals surface area contributed by atoms with Gasteiger partial charge in [-0.05, 0) is 27.2 Å². The van der Waals surface area contributed by atoms with Crippen molar-refractivity contribution in [3.05, 3.63) is 0 Å². The van der Waals surface area contributed by atoms with E-state index in [1.165, 1.54) is 7.11 Å². The number of nitrogens with zero attached hydrogens (tertiary/aromatic N) is 1. The van der Waals surface area contributed by atoms with Crippen LogP contribution in [0.15, 0.2) is 0 Å². The molecule has 0 spiro atoms. The first-order chi connectivity index (χ1) is 9.72. The van der Waals surface area contributed by atoms with Crippen LogP contribution in [0.4, 0.5) is 0 Å². The van der Waals surface area contributed by atoms with Crippen molar-refractivity contribution in [2.75, 3.05) is 13.7 Å². The van der Waals surface area contributed by atoms with Crippen LogP contribution >= 0.6 is 0 Å². The van der Waals surface area contributed by atoms with Crippen molar-refractivity contribution in [3.8, 4) is 0 Å². The lowest BCUT2D eigenvalue weighted by Crippen LogP contribution is -2.52. The number of amides is 2. The van der Waals surface area contributed by atoms with Gasteiger partial charge in [-0.15, -0.1) is 0 Å². The maximum absolute atomic E-state index is 12.3. The molecule has 6 nitrogen and oxygen atoms in total. The van der Waals surface area contributed by atoms with E-state index in [4.69, 9.17) is 0 Å². The molecule has 21 heavy (non-hydrogen) atoms. The van der Waals surface area contributed by atoms with Crippen molar-refractivity contribution in [2.24, 2.45) is 5.92 Å². The van der Waals surface area contributed by atoms with E-state index in [1.54, 1.807) is 18.7 Å². The maximum atomic E-state index is 12.3. The Morgan fingerprint density at radius 3 is 2.62 bits per heavy atom. The fourth-order valence-corrected chi connectivity index (χ4v) is 2.62. The zero-order chi connectivity index (χ0) is 16.2. The van der Waals surface area contributed by atoms with Crippen LogP contribution in [-0.2, 0) is 19.1 Å². The van der Waals surface area contributed by atoms with E-state index < -0.39 is 17.4 Å². The van der Waals surface area contributed by atoms with E-state index in [9.17, 15) is 14.4 Å². The third-order valence-corrected chi connectivity index (χ3v) is 3.90. The van der Waals surface area contributed by atoms with Crippen molar-refractivity contribution in [1.82, 2.24) is 10.2 Å². The number of carbonyl (C=O) groups is 3. The molecule has 2 atom stereocenters. The standard InChI is InChI=1S/C15H26N2O4/c1-6-7-10(2)17-9-11(8-12(17)18)13(19)16-15(3,4)14(20)21-5/h10-11H,6-9H2,1-5H3,(H,16,19)/t10-,11-/m1/s1. The van der Waals surface area contributed by atoms with E-state index in [-0.39, 0.29) is 24.3 Å². The zero-order valence-corrected chi connectivity index (χ0v) is 13.6. The van der Waals surface area contributed by atoms with Crippen LogP contribution < -0.4 is 5.32 Å². The van der Waals surface area contributed by atoms with Crippen LogP contribution in [0.25, 0.3) is 0 Å². The van der Waals surface area contributed by atoms with E-state index in [0.717, 1.165) is 12.8 Å². The normalized spacial score (nSPS) is 20.3. The molecule has 0 aromatic rings. The average molecular weight is 298 g/mol. The van der Waals surface area contributed by atoms with E-state index in [1.807, 2.05) is 6.92 Å². The summed E-state index contributed by atoms with van der Waals surface area (Å²) in [5.74, 6) is -1.17. The Morgan fingerprint density at radius 2 is 2.10 bits per heavy atom. The summed E-state index contributed by atoms with van der Waals surface area (Å²) < 4.78 is 4.66. The van der Waals surface area contributed by atoms with Gasteiger partial charge in [0.25, 0.3) is 0 Å². The van der Waals surface area contributed by atoms with Gasteiger partial charge < -0.3 is 15.0 Å². The van der Waals surface area contributed by atoms with Gasteiger partial charge >= 0.3 is 5.97 Å². The number of methoxy groups -OCH3 is 1. The Bertz CT molecular complexity index is 420. The quantitative estimate of drug-likeness (QED) is 0.745. The molecular weight excluding hydrogens is 272 g/mol. The number of carbonyl (C=O) groups excluding carboxylic acids is 3. The summed E-state index contributed by atoms with van der Waals surface area (Å²) in [6.07, 6.45) is 2.13. The predicted octanol–water partition coefficient (Wildman–Crippen LogP) is 1.09. The third-order valence-electron chi connectivity index (χ3n) is 3.90. The predicted molar refractivity (Wildman–Crippen MR) is 78.4 cm³/mol.